The molecule has 0 spiro atoms. The van der Waals surface area contributed by atoms with E-state index in [9.17, 15) is 4.79 Å². The molecule has 2 aliphatic heterocycles. The summed E-state index contributed by atoms with van der Waals surface area (Å²) in [6.45, 7) is 0.915. The first kappa shape index (κ1) is 11.8. The Morgan fingerprint density at radius 3 is 3.17 bits per heavy atom. The van der Waals surface area contributed by atoms with Gasteiger partial charge in [0.2, 0.25) is 5.91 Å². The Balaban J connectivity index is 1.75. The highest BCUT2D eigenvalue weighted by atomic mass is 35.5. The molecule has 96 valence electrons. The predicted molar refractivity (Wildman–Crippen MR) is 70.6 cm³/mol. The first-order chi connectivity index (χ1) is 8.74. The van der Waals surface area contributed by atoms with Gasteiger partial charge < -0.3 is 10.2 Å². The summed E-state index contributed by atoms with van der Waals surface area (Å²) in [5.74, 6) is 0.275. The zero-order chi connectivity index (χ0) is 12.5. The van der Waals surface area contributed by atoms with Gasteiger partial charge in [-0.2, -0.15) is 0 Å². The van der Waals surface area contributed by atoms with Crippen LogP contribution in [0.1, 0.15) is 25.7 Å². The number of carbonyl (C=O) groups is 1. The molecular weight excluding hydrogens is 250 g/mol. The van der Waals surface area contributed by atoms with Crippen molar-refractivity contribution < 1.29 is 4.79 Å². The molecule has 0 saturated carbocycles. The van der Waals surface area contributed by atoms with E-state index < -0.39 is 0 Å². The normalized spacial score (nSPS) is 27.2. The summed E-state index contributed by atoms with van der Waals surface area (Å²) in [5.41, 5.74) is 0.945. The van der Waals surface area contributed by atoms with E-state index in [-0.39, 0.29) is 11.9 Å². The number of pyridine rings is 1. The molecule has 0 aliphatic carbocycles. The van der Waals surface area contributed by atoms with E-state index in [0.717, 1.165) is 25.1 Å². The molecule has 0 radical (unpaired) electrons. The van der Waals surface area contributed by atoms with Crippen molar-refractivity contribution in [3.8, 4) is 0 Å². The standard InChI is InChI=1S/C13H16ClN3O/c14-12-7-9(4-5-15-12)16-10-8-13(18)17-6-2-1-3-11(10)17/h4-5,7,10-11H,1-3,6,8H2,(H,15,16). The van der Waals surface area contributed by atoms with Gasteiger partial charge in [0, 0.05) is 24.8 Å². The summed E-state index contributed by atoms with van der Waals surface area (Å²) < 4.78 is 0. The quantitative estimate of drug-likeness (QED) is 0.835. The van der Waals surface area contributed by atoms with Gasteiger partial charge in [0.25, 0.3) is 0 Å². The highest BCUT2D eigenvalue weighted by Gasteiger charge is 2.40. The molecule has 18 heavy (non-hydrogen) atoms. The number of amides is 1. The Kier molecular flexibility index (Phi) is 3.12. The highest BCUT2D eigenvalue weighted by Crippen LogP contribution is 2.30. The third kappa shape index (κ3) is 2.17. The van der Waals surface area contributed by atoms with E-state index in [2.05, 4.69) is 10.3 Å². The van der Waals surface area contributed by atoms with Crippen molar-refractivity contribution in [1.29, 1.82) is 0 Å². The maximum absolute atomic E-state index is 11.9. The Labute approximate surface area is 111 Å². The van der Waals surface area contributed by atoms with Gasteiger partial charge >= 0.3 is 0 Å². The summed E-state index contributed by atoms with van der Waals surface area (Å²) >= 11 is 5.87. The number of hydrogen-bond donors (Lipinski definition) is 1. The van der Waals surface area contributed by atoms with Crippen molar-refractivity contribution in [2.24, 2.45) is 0 Å². The van der Waals surface area contributed by atoms with Crippen molar-refractivity contribution in [3.63, 3.8) is 0 Å². The number of rotatable bonds is 2. The maximum Gasteiger partial charge on any atom is 0.225 e. The van der Waals surface area contributed by atoms with E-state index in [1.807, 2.05) is 11.0 Å². The van der Waals surface area contributed by atoms with Gasteiger partial charge in [-0.25, -0.2) is 4.98 Å². The van der Waals surface area contributed by atoms with Crippen LogP contribution >= 0.6 is 11.6 Å². The molecule has 2 aliphatic rings. The van der Waals surface area contributed by atoms with Crippen LogP contribution in [0.3, 0.4) is 0 Å². The van der Waals surface area contributed by atoms with E-state index in [0.29, 0.717) is 17.6 Å². The van der Waals surface area contributed by atoms with Crippen LogP contribution in [0.2, 0.25) is 5.15 Å². The lowest BCUT2D eigenvalue weighted by atomic mass is 9.99. The average molecular weight is 266 g/mol. The van der Waals surface area contributed by atoms with Crippen LogP contribution < -0.4 is 5.32 Å². The topological polar surface area (TPSA) is 45.2 Å². The molecule has 2 atom stereocenters. The van der Waals surface area contributed by atoms with Crippen LogP contribution in [-0.2, 0) is 4.79 Å². The number of nitrogens with zero attached hydrogens (tertiary/aromatic N) is 2. The second kappa shape index (κ2) is 4.76. The Bertz CT molecular complexity index is 465. The van der Waals surface area contributed by atoms with Gasteiger partial charge in [0.15, 0.2) is 0 Å². The zero-order valence-electron chi connectivity index (χ0n) is 10.1. The van der Waals surface area contributed by atoms with Crippen LogP contribution in [-0.4, -0.2) is 34.4 Å². The fourth-order valence-corrected chi connectivity index (χ4v) is 3.15. The summed E-state index contributed by atoms with van der Waals surface area (Å²) in [5, 5.41) is 3.90. The smallest absolute Gasteiger partial charge is 0.225 e. The summed E-state index contributed by atoms with van der Waals surface area (Å²) in [6, 6.07) is 4.24. The van der Waals surface area contributed by atoms with E-state index in [1.165, 1.54) is 6.42 Å². The van der Waals surface area contributed by atoms with Gasteiger partial charge in [0.1, 0.15) is 5.15 Å². The van der Waals surface area contributed by atoms with Gasteiger partial charge in [-0.15, -0.1) is 0 Å². The van der Waals surface area contributed by atoms with Gasteiger partial charge in [-0.1, -0.05) is 11.6 Å². The molecule has 1 N–H and O–H groups in total. The Hall–Kier alpha value is -1.29. The van der Waals surface area contributed by atoms with Crippen LogP contribution in [0.5, 0.6) is 0 Å². The highest BCUT2D eigenvalue weighted by molar-refractivity contribution is 6.29. The molecule has 4 nitrogen and oxygen atoms in total. The number of halogens is 1. The van der Waals surface area contributed by atoms with Crippen LogP contribution in [0.25, 0.3) is 0 Å². The van der Waals surface area contributed by atoms with Crippen molar-refractivity contribution in [1.82, 2.24) is 9.88 Å². The molecule has 1 aromatic rings. The number of anilines is 1. The third-order valence-corrected chi connectivity index (χ3v) is 4.01. The van der Waals surface area contributed by atoms with Crippen LogP contribution in [0, 0.1) is 0 Å². The molecule has 3 rings (SSSR count). The van der Waals surface area contributed by atoms with Gasteiger partial charge in [-0.3, -0.25) is 4.79 Å². The van der Waals surface area contributed by atoms with E-state index in [4.69, 9.17) is 11.6 Å². The molecule has 1 amide bonds. The summed E-state index contributed by atoms with van der Waals surface area (Å²) in [7, 11) is 0. The number of nitrogens with one attached hydrogen (secondary N) is 1. The number of hydrogen-bond acceptors (Lipinski definition) is 3. The Morgan fingerprint density at radius 2 is 2.33 bits per heavy atom. The average Bonchev–Trinajstić information content (AvgIpc) is 2.67. The molecule has 2 fully saturated rings. The van der Waals surface area contributed by atoms with Gasteiger partial charge in [-0.05, 0) is 31.4 Å². The van der Waals surface area contributed by atoms with E-state index >= 15 is 0 Å². The fourth-order valence-electron chi connectivity index (χ4n) is 2.98. The number of fused-ring (bicyclic) bond motifs is 1. The lowest BCUT2D eigenvalue weighted by molar-refractivity contribution is -0.129. The summed E-state index contributed by atoms with van der Waals surface area (Å²) in [4.78, 5) is 17.9. The van der Waals surface area contributed by atoms with Crippen LogP contribution in [0.4, 0.5) is 5.69 Å². The molecule has 0 aromatic carbocycles. The predicted octanol–water partition coefficient (Wildman–Crippen LogP) is 2.30. The monoisotopic (exact) mass is 265 g/mol. The number of piperidine rings is 1. The molecule has 3 heterocycles. The van der Waals surface area contributed by atoms with Crippen LogP contribution in [0.15, 0.2) is 18.3 Å². The lowest BCUT2D eigenvalue weighted by Gasteiger charge is -2.32. The van der Waals surface area contributed by atoms with E-state index in [1.54, 1.807) is 12.3 Å². The minimum atomic E-state index is 0.205. The zero-order valence-corrected chi connectivity index (χ0v) is 10.9. The second-order valence-corrected chi connectivity index (χ2v) is 5.36. The number of aromatic nitrogens is 1. The molecule has 0 bridgehead atoms. The SMILES string of the molecule is O=C1CC(Nc2ccnc(Cl)c2)C2CCCCN12. The fraction of sp³-hybridized carbons (Fsp3) is 0.538. The van der Waals surface area contributed by atoms with Crippen molar-refractivity contribution >= 4 is 23.2 Å². The molecule has 5 heteroatoms. The molecule has 2 saturated heterocycles. The largest absolute Gasteiger partial charge is 0.380 e. The first-order valence-electron chi connectivity index (χ1n) is 6.41. The molecule has 1 aromatic heterocycles. The van der Waals surface area contributed by atoms with Gasteiger partial charge in [0.05, 0.1) is 12.1 Å². The first-order valence-corrected chi connectivity index (χ1v) is 6.79. The minimum absolute atomic E-state index is 0.205. The molecular formula is C13H16ClN3O. The molecule has 2 unspecified atom stereocenters. The maximum atomic E-state index is 11.9. The number of carbonyl (C=O) groups excluding carboxylic acids is 1. The third-order valence-electron chi connectivity index (χ3n) is 3.81. The van der Waals surface area contributed by atoms with Crippen molar-refractivity contribution in [2.75, 3.05) is 11.9 Å². The minimum Gasteiger partial charge on any atom is -0.380 e. The van der Waals surface area contributed by atoms with Crippen molar-refractivity contribution in [3.05, 3.63) is 23.5 Å². The Morgan fingerprint density at radius 1 is 1.44 bits per heavy atom. The van der Waals surface area contributed by atoms with Crippen molar-refractivity contribution in [2.45, 2.75) is 37.8 Å². The summed E-state index contributed by atoms with van der Waals surface area (Å²) in [6.07, 6.45) is 5.71. The lowest BCUT2D eigenvalue weighted by Crippen LogP contribution is -2.42. The second-order valence-electron chi connectivity index (χ2n) is 4.97.